The molecule has 1 aliphatic rings. The van der Waals surface area contributed by atoms with Crippen LogP contribution < -0.4 is 5.32 Å². The fourth-order valence-electron chi connectivity index (χ4n) is 1.76. The first-order chi connectivity index (χ1) is 6.53. The van der Waals surface area contributed by atoms with E-state index in [0.717, 1.165) is 11.3 Å². The van der Waals surface area contributed by atoms with Gasteiger partial charge in [-0.05, 0) is 19.1 Å². The maximum atomic E-state index is 12.1. The zero-order valence-corrected chi connectivity index (χ0v) is 8.79. The molecule has 1 N–H and O–H groups in total. The van der Waals surface area contributed by atoms with E-state index >= 15 is 0 Å². The predicted molar refractivity (Wildman–Crippen MR) is 57.6 cm³/mol. The second-order valence-corrected chi connectivity index (χ2v) is 4.46. The molecule has 0 saturated carbocycles. The molecule has 1 heterocycles. The van der Waals surface area contributed by atoms with Gasteiger partial charge in [-0.15, -0.1) is 0 Å². The standard InChI is InChI=1S/C12H15NO/c1-8-12(2,3)11(14)9-6-4-5-7-10(9)13-8/h4-8,13H,1-3H3. The first-order valence-electron chi connectivity index (χ1n) is 4.94. The summed E-state index contributed by atoms with van der Waals surface area (Å²) in [5, 5.41) is 3.36. The highest BCUT2D eigenvalue weighted by Crippen LogP contribution is 2.35. The van der Waals surface area contributed by atoms with E-state index in [4.69, 9.17) is 0 Å². The molecule has 2 rings (SSSR count). The molecule has 1 unspecified atom stereocenters. The van der Waals surface area contributed by atoms with E-state index in [1.807, 2.05) is 45.0 Å². The third-order valence-corrected chi connectivity index (χ3v) is 3.21. The highest BCUT2D eigenvalue weighted by atomic mass is 16.1. The predicted octanol–water partition coefficient (Wildman–Crippen LogP) is 2.71. The average molecular weight is 189 g/mol. The van der Waals surface area contributed by atoms with Gasteiger partial charge in [-0.1, -0.05) is 26.0 Å². The molecule has 0 spiro atoms. The number of benzene rings is 1. The number of Topliss-reactive ketones (excluding diaryl/α,β-unsaturated/α-hetero) is 1. The molecule has 0 saturated heterocycles. The van der Waals surface area contributed by atoms with E-state index in [9.17, 15) is 4.79 Å². The Morgan fingerprint density at radius 2 is 1.93 bits per heavy atom. The van der Waals surface area contributed by atoms with Gasteiger partial charge in [0.2, 0.25) is 0 Å². The van der Waals surface area contributed by atoms with Crippen molar-refractivity contribution >= 4 is 11.5 Å². The van der Waals surface area contributed by atoms with E-state index in [1.54, 1.807) is 0 Å². The number of hydrogen-bond donors (Lipinski definition) is 1. The van der Waals surface area contributed by atoms with Crippen LogP contribution in [0.25, 0.3) is 0 Å². The lowest BCUT2D eigenvalue weighted by molar-refractivity contribution is 0.0810. The quantitative estimate of drug-likeness (QED) is 0.680. The van der Waals surface area contributed by atoms with Crippen molar-refractivity contribution in [2.24, 2.45) is 5.41 Å². The van der Waals surface area contributed by atoms with E-state index in [2.05, 4.69) is 5.32 Å². The summed E-state index contributed by atoms with van der Waals surface area (Å²) in [6, 6.07) is 7.89. The summed E-state index contributed by atoms with van der Waals surface area (Å²) in [5.74, 6) is 0.236. The number of carbonyl (C=O) groups is 1. The van der Waals surface area contributed by atoms with Crippen LogP contribution in [0.1, 0.15) is 31.1 Å². The summed E-state index contributed by atoms with van der Waals surface area (Å²) < 4.78 is 0. The Bertz CT molecular complexity index is 382. The molecule has 0 radical (unpaired) electrons. The van der Waals surface area contributed by atoms with Crippen LogP contribution in [0.3, 0.4) is 0 Å². The van der Waals surface area contributed by atoms with Gasteiger partial charge in [0.15, 0.2) is 5.78 Å². The van der Waals surface area contributed by atoms with E-state index < -0.39 is 0 Å². The van der Waals surface area contributed by atoms with Crippen LogP contribution in [-0.4, -0.2) is 11.8 Å². The summed E-state index contributed by atoms with van der Waals surface area (Å²) in [6.45, 7) is 6.03. The van der Waals surface area contributed by atoms with Crippen LogP contribution in [-0.2, 0) is 0 Å². The fraction of sp³-hybridized carbons (Fsp3) is 0.417. The largest absolute Gasteiger partial charge is 0.381 e. The van der Waals surface area contributed by atoms with Crippen LogP contribution in [0.5, 0.6) is 0 Å². The summed E-state index contributed by atoms with van der Waals surface area (Å²) >= 11 is 0. The van der Waals surface area contributed by atoms with Crippen molar-refractivity contribution in [3.8, 4) is 0 Å². The molecule has 0 aromatic heterocycles. The minimum absolute atomic E-state index is 0.185. The highest BCUT2D eigenvalue weighted by molar-refractivity contribution is 6.06. The Morgan fingerprint density at radius 3 is 2.64 bits per heavy atom. The molecule has 2 nitrogen and oxygen atoms in total. The Kier molecular flexibility index (Phi) is 1.88. The zero-order valence-electron chi connectivity index (χ0n) is 8.79. The highest BCUT2D eigenvalue weighted by Gasteiger charge is 2.39. The van der Waals surface area contributed by atoms with Crippen molar-refractivity contribution < 1.29 is 4.79 Å². The van der Waals surface area contributed by atoms with Crippen molar-refractivity contribution in [3.05, 3.63) is 29.8 Å². The van der Waals surface area contributed by atoms with Crippen LogP contribution in [0.15, 0.2) is 24.3 Å². The van der Waals surface area contributed by atoms with Gasteiger partial charge in [0.05, 0.1) is 0 Å². The Labute approximate surface area is 84.3 Å². The van der Waals surface area contributed by atoms with Gasteiger partial charge in [-0.3, -0.25) is 4.79 Å². The van der Waals surface area contributed by atoms with Crippen molar-refractivity contribution in [3.63, 3.8) is 0 Å². The molecular weight excluding hydrogens is 174 g/mol. The monoisotopic (exact) mass is 189 g/mol. The normalized spacial score (nSPS) is 23.9. The number of ketones is 1. The molecule has 2 heteroatoms. The van der Waals surface area contributed by atoms with Gasteiger partial charge in [-0.2, -0.15) is 0 Å². The molecule has 1 aliphatic heterocycles. The number of para-hydroxylation sites is 1. The maximum Gasteiger partial charge on any atom is 0.172 e. The summed E-state index contributed by atoms with van der Waals surface area (Å²) in [5.41, 5.74) is 1.47. The second-order valence-electron chi connectivity index (χ2n) is 4.46. The summed E-state index contributed by atoms with van der Waals surface area (Å²) in [6.07, 6.45) is 0. The number of rotatable bonds is 0. The Hall–Kier alpha value is -1.31. The lowest BCUT2D eigenvalue weighted by atomic mass is 9.75. The maximum absolute atomic E-state index is 12.1. The first-order valence-corrected chi connectivity index (χ1v) is 4.94. The number of nitrogens with one attached hydrogen (secondary N) is 1. The molecule has 0 amide bonds. The Morgan fingerprint density at radius 1 is 1.29 bits per heavy atom. The lowest BCUT2D eigenvalue weighted by Crippen LogP contribution is -2.44. The van der Waals surface area contributed by atoms with Crippen molar-refractivity contribution in [2.45, 2.75) is 26.8 Å². The number of anilines is 1. The average Bonchev–Trinajstić information content (AvgIpc) is 2.15. The van der Waals surface area contributed by atoms with Crippen LogP contribution in [0, 0.1) is 5.41 Å². The minimum atomic E-state index is -0.311. The van der Waals surface area contributed by atoms with Gasteiger partial charge in [0, 0.05) is 22.7 Å². The van der Waals surface area contributed by atoms with E-state index in [-0.39, 0.29) is 17.2 Å². The third-order valence-electron chi connectivity index (χ3n) is 3.21. The van der Waals surface area contributed by atoms with Crippen LogP contribution in [0.2, 0.25) is 0 Å². The fourth-order valence-corrected chi connectivity index (χ4v) is 1.76. The molecule has 0 fully saturated rings. The van der Waals surface area contributed by atoms with Crippen molar-refractivity contribution in [1.29, 1.82) is 0 Å². The topological polar surface area (TPSA) is 29.1 Å². The van der Waals surface area contributed by atoms with E-state index in [0.29, 0.717) is 0 Å². The van der Waals surface area contributed by atoms with Gasteiger partial charge in [0.1, 0.15) is 0 Å². The molecule has 0 bridgehead atoms. The number of fused-ring (bicyclic) bond motifs is 1. The third kappa shape index (κ3) is 1.14. The van der Waals surface area contributed by atoms with Crippen molar-refractivity contribution in [2.75, 3.05) is 5.32 Å². The molecule has 74 valence electrons. The zero-order chi connectivity index (χ0) is 10.3. The van der Waals surface area contributed by atoms with E-state index in [1.165, 1.54) is 0 Å². The van der Waals surface area contributed by atoms with Gasteiger partial charge < -0.3 is 5.32 Å². The first kappa shape index (κ1) is 9.25. The number of hydrogen-bond acceptors (Lipinski definition) is 2. The molecule has 0 aliphatic carbocycles. The molecular formula is C12H15NO. The van der Waals surface area contributed by atoms with Crippen molar-refractivity contribution in [1.82, 2.24) is 0 Å². The molecule has 1 atom stereocenters. The van der Waals surface area contributed by atoms with Crippen LogP contribution in [0.4, 0.5) is 5.69 Å². The summed E-state index contributed by atoms with van der Waals surface area (Å²) in [4.78, 5) is 12.1. The SMILES string of the molecule is CC1Nc2ccccc2C(=O)C1(C)C. The van der Waals surface area contributed by atoms with Gasteiger partial charge in [-0.25, -0.2) is 0 Å². The molecule has 14 heavy (non-hydrogen) atoms. The summed E-state index contributed by atoms with van der Waals surface area (Å²) in [7, 11) is 0. The Balaban J connectivity index is 2.55. The number of carbonyl (C=O) groups excluding carboxylic acids is 1. The van der Waals surface area contributed by atoms with Gasteiger partial charge >= 0.3 is 0 Å². The molecule has 1 aromatic rings. The smallest absolute Gasteiger partial charge is 0.172 e. The van der Waals surface area contributed by atoms with Crippen LogP contribution >= 0.6 is 0 Å². The second kappa shape index (κ2) is 2.84. The lowest BCUT2D eigenvalue weighted by Gasteiger charge is -2.37. The molecule has 1 aromatic carbocycles. The van der Waals surface area contributed by atoms with Gasteiger partial charge in [0.25, 0.3) is 0 Å². The minimum Gasteiger partial charge on any atom is -0.381 e.